The molecular weight excluding hydrogens is 1250 g/mol. The lowest BCUT2D eigenvalue weighted by atomic mass is 9.65. The summed E-state index contributed by atoms with van der Waals surface area (Å²) in [6, 6.07) is 42.6. The molecule has 0 fully saturated rings. The molecule has 0 aliphatic heterocycles. The van der Waals surface area contributed by atoms with E-state index in [0.717, 1.165) is 22.1 Å². The molecule has 14 heteroatoms. The summed E-state index contributed by atoms with van der Waals surface area (Å²) in [6.45, 7) is 14.2. The first-order chi connectivity index (χ1) is 42.8. The van der Waals surface area contributed by atoms with Gasteiger partial charge in [-0.15, -0.1) is 90.7 Å². The fraction of sp³-hybridized carbons (Fsp3) is 0.397. The van der Waals surface area contributed by atoms with E-state index in [9.17, 15) is 0 Å². The Balaban J connectivity index is 0.830. The van der Waals surface area contributed by atoms with E-state index in [4.69, 9.17) is 17.5 Å². The number of aryl methyl sites for hydroxylation is 2. The lowest BCUT2D eigenvalue weighted by Crippen LogP contribution is -2.31. The molecule has 2 unspecified atom stereocenters. The lowest BCUT2D eigenvalue weighted by Gasteiger charge is -2.37. The highest BCUT2D eigenvalue weighted by Crippen LogP contribution is 2.64. The minimum absolute atomic E-state index is 0.0973. The van der Waals surface area contributed by atoms with Gasteiger partial charge in [0.15, 0.2) is 0 Å². The van der Waals surface area contributed by atoms with Gasteiger partial charge in [-0.1, -0.05) is 156 Å². The molecule has 12 aromatic rings. The fourth-order valence-corrected chi connectivity index (χ4v) is 23.8. The van der Waals surface area contributed by atoms with Gasteiger partial charge in [-0.25, -0.2) is 0 Å². The predicted octanol–water partition coefficient (Wildman–Crippen LogP) is 27.2. The van der Waals surface area contributed by atoms with Gasteiger partial charge in [-0.3, -0.25) is 0 Å². The standard InChI is InChI=1S/C73H78N4S10/c1-7-13-17-19-23-47-25-31-57(78-47)59-37-39-63(82-59)61-35-33-55(80-61)49-27-29-51(69-67(49)74-86-76-69)65-41-53-71(84-65)72-54(73(53,43-45(11-5)21-15-9-3)44-46(12-6)22-16-10-4)42-66(85-72)52-30-28-50(68-70(52)77-87-75-68)56-34-36-62(81-56)64-40-38-60(83-64)58-32-26-48(79-58)24-20-18-14-8-2/h25-42,45-46H,7-24,43-44H2,1-6H3. The molecule has 1 aliphatic rings. The van der Waals surface area contributed by atoms with Crippen LogP contribution in [-0.4, -0.2) is 17.5 Å². The second kappa shape index (κ2) is 28.0. The third kappa shape index (κ3) is 12.7. The van der Waals surface area contributed by atoms with Gasteiger partial charge in [0, 0.05) is 106 Å². The highest BCUT2D eigenvalue weighted by molar-refractivity contribution is 7.28. The van der Waals surface area contributed by atoms with Gasteiger partial charge in [0.2, 0.25) is 0 Å². The van der Waals surface area contributed by atoms with Crippen molar-refractivity contribution in [1.29, 1.82) is 0 Å². The summed E-state index contributed by atoms with van der Waals surface area (Å²) in [7, 11) is 0. The van der Waals surface area contributed by atoms with Crippen molar-refractivity contribution in [3.63, 3.8) is 0 Å². The first-order valence-corrected chi connectivity index (χ1v) is 40.2. The molecule has 4 nitrogen and oxygen atoms in total. The molecule has 0 amide bonds. The van der Waals surface area contributed by atoms with Gasteiger partial charge in [-0.2, -0.15) is 17.5 Å². The molecule has 2 aromatic carbocycles. The van der Waals surface area contributed by atoms with Crippen molar-refractivity contribution in [3.05, 3.63) is 130 Å². The van der Waals surface area contributed by atoms with Crippen molar-refractivity contribution in [2.45, 2.75) is 175 Å². The van der Waals surface area contributed by atoms with Crippen LogP contribution in [0.1, 0.15) is 178 Å². The van der Waals surface area contributed by atoms with Gasteiger partial charge >= 0.3 is 0 Å². The number of benzene rings is 2. The summed E-state index contributed by atoms with van der Waals surface area (Å²) in [5, 5.41) is 0. The van der Waals surface area contributed by atoms with Crippen LogP contribution in [0, 0.1) is 11.8 Å². The monoisotopic (exact) mass is 1330 g/mol. The molecule has 0 bridgehead atoms. The normalized spacial score (nSPS) is 13.6. The third-order valence-corrected chi connectivity index (χ3v) is 29.3. The fourth-order valence-electron chi connectivity index (χ4n) is 13.3. The highest BCUT2D eigenvalue weighted by Gasteiger charge is 2.48. The number of unbranched alkanes of at least 4 members (excludes halogenated alkanes) is 8. The molecule has 0 saturated carbocycles. The smallest absolute Gasteiger partial charge is 0.114 e. The van der Waals surface area contributed by atoms with Gasteiger partial charge in [0.25, 0.3) is 0 Å². The van der Waals surface area contributed by atoms with Crippen LogP contribution in [-0.2, 0) is 18.3 Å². The van der Waals surface area contributed by atoms with Gasteiger partial charge in [-0.05, 0) is 146 Å². The molecular formula is C73H78N4S10. The Kier molecular flexibility index (Phi) is 19.8. The Morgan fingerprint density at radius 2 is 0.644 bits per heavy atom. The van der Waals surface area contributed by atoms with Crippen molar-refractivity contribution in [2.24, 2.45) is 11.8 Å². The zero-order valence-electron chi connectivity index (χ0n) is 51.1. The molecule has 10 aromatic heterocycles. The van der Waals surface area contributed by atoms with E-state index >= 15 is 0 Å². The van der Waals surface area contributed by atoms with E-state index in [-0.39, 0.29) is 5.41 Å². The average molecular weight is 1330 g/mol. The molecule has 0 N–H and O–H groups in total. The van der Waals surface area contributed by atoms with E-state index in [1.165, 1.54) is 252 Å². The van der Waals surface area contributed by atoms with Gasteiger partial charge in [0.1, 0.15) is 22.1 Å². The average Bonchev–Trinajstić information content (AvgIpc) is 1.58. The second-order valence-corrected chi connectivity index (χ2v) is 33.9. The minimum atomic E-state index is -0.0973. The van der Waals surface area contributed by atoms with Crippen LogP contribution in [0.3, 0.4) is 0 Å². The van der Waals surface area contributed by atoms with Gasteiger partial charge in [0.05, 0.1) is 23.5 Å². The molecule has 87 heavy (non-hydrogen) atoms. The molecule has 13 rings (SSSR count). The van der Waals surface area contributed by atoms with Crippen LogP contribution < -0.4 is 0 Å². The SMILES string of the molecule is CCCCCCc1ccc(-c2ccc(-c3ccc(-c4ccc(-c5cc6c(s5)-c5sc(-c7ccc(-c8ccc(-c9ccc(-c%10ccc(CCCCCC)s%10)s9)s8)c8nsnc78)cc5C6(CC(CC)CCCC)CC(CC)CCCC)c5nsnc45)s3)s2)s1. The van der Waals surface area contributed by atoms with Crippen LogP contribution in [0.25, 0.3) is 113 Å². The molecule has 2 atom stereocenters. The molecule has 10 heterocycles. The lowest BCUT2D eigenvalue weighted by molar-refractivity contribution is 0.266. The van der Waals surface area contributed by atoms with Crippen molar-refractivity contribution >= 4 is 136 Å². The zero-order valence-corrected chi connectivity index (χ0v) is 59.2. The Morgan fingerprint density at radius 3 is 1.00 bits per heavy atom. The first-order valence-electron chi connectivity index (χ1n) is 32.2. The summed E-state index contributed by atoms with van der Waals surface area (Å²) >= 11 is 18.2. The van der Waals surface area contributed by atoms with Crippen molar-refractivity contribution in [1.82, 2.24) is 17.5 Å². The van der Waals surface area contributed by atoms with Gasteiger partial charge < -0.3 is 0 Å². The van der Waals surface area contributed by atoms with Crippen LogP contribution in [0.5, 0.6) is 0 Å². The predicted molar refractivity (Wildman–Crippen MR) is 393 cm³/mol. The number of rotatable bonds is 30. The maximum Gasteiger partial charge on any atom is 0.114 e. The summed E-state index contributed by atoms with van der Waals surface area (Å²) in [5.74, 6) is 1.27. The number of fused-ring (bicyclic) bond motifs is 5. The topological polar surface area (TPSA) is 51.6 Å². The quantitative estimate of drug-likeness (QED) is 0.0421. The number of aromatic nitrogens is 4. The Hall–Kier alpha value is -4.32. The van der Waals surface area contributed by atoms with E-state index in [0.29, 0.717) is 11.8 Å². The van der Waals surface area contributed by atoms with E-state index in [2.05, 4.69) is 151 Å². The Morgan fingerprint density at radius 1 is 0.322 bits per heavy atom. The molecule has 1 aliphatic carbocycles. The first kappa shape index (κ1) is 61.5. The van der Waals surface area contributed by atoms with Crippen LogP contribution in [0.4, 0.5) is 0 Å². The summed E-state index contributed by atoms with van der Waals surface area (Å²) in [4.78, 5) is 21.8. The number of hydrogen-bond acceptors (Lipinski definition) is 14. The maximum absolute atomic E-state index is 5.14. The van der Waals surface area contributed by atoms with Crippen molar-refractivity contribution in [2.75, 3.05) is 0 Å². The molecule has 0 radical (unpaired) electrons. The zero-order chi connectivity index (χ0) is 59.4. The molecule has 0 saturated heterocycles. The van der Waals surface area contributed by atoms with Crippen LogP contribution >= 0.6 is 114 Å². The van der Waals surface area contributed by atoms with Crippen LogP contribution in [0.15, 0.2) is 109 Å². The highest BCUT2D eigenvalue weighted by atomic mass is 32.1. The minimum Gasteiger partial charge on any atom is -0.172 e. The Bertz CT molecular complexity index is 3960. The molecule has 450 valence electrons. The largest absolute Gasteiger partial charge is 0.172 e. The van der Waals surface area contributed by atoms with E-state index in [1.54, 1.807) is 11.1 Å². The Labute approximate surface area is 556 Å². The molecule has 0 spiro atoms. The summed E-state index contributed by atoms with van der Waals surface area (Å²) < 4.78 is 20.5. The number of nitrogens with zero attached hydrogens (tertiary/aromatic N) is 4. The third-order valence-electron chi connectivity index (χ3n) is 18.2. The van der Waals surface area contributed by atoms with Crippen LogP contribution in [0.2, 0.25) is 0 Å². The second-order valence-electron chi connectivity index (χ2n) is 24.1. The number of thiophene rings is 8. The maximum atomic E-state index is 5.14. The van der Waals surface area contributed by atoms with E-state index < -0.39 is 0 Å². The van der Waals surface area contributed by atoms with E-state index in [1.807, 2.05) is 90.7 Å². The van der Waals surface area contributed by atoms with Crippen molar-refractivity contribution < 1.29 is 0 Å². The summed E-state index contributed by atoms with van der Waals surface area (Å²) in [6.07, 6.45) is 25.1. The van der Waals surface area contributed by atoms with Crippen molar-refractivity contribution in [3.8, 4) is 90.5 Å². The number of hydrogen-bond donors (Lipinski definition) is 0. The summed E-state index contributed by atoms with van der Waals surface area (Å²) in [5.41, 5.74) is 11.8.